The van der Waals surface area contributed by atoms with Gasteiger partial charge in [-0.3, -0.25) is 14.2 Å². The highest BCUT2D eigenvalue weighted by atomic mass is 32.2. The van der Waals surface area contributed by atoms with E-state index in [1.807, 2.05) is 0 Å². The molecule has 1 aromatic heterocycles. The molecule has 0 saturated heterocycles. The van der Waals surface area contributed by atoms with Crippen LogP contribution in [-0.4, -0.2) is 47.5 Å². The Morgan fingerprint density at radius 1 is 1.30 bits per heavy atom. The van der Waals surface area contributed by atoms with Crippen molar-refractivity contribution in [2.75, 3.05) is 19.3 Å². The number of sulfonamides is 1. The van der Waals surface area contributed by atoms with Gasteiger partial charge in [-0.05, 0) is 38.5 Å². The van der Waals surface area contributed by atoms with Crippen LogP contribution in [-0.2, 0) is 34.3 Å². The Bertz CT molecular complexity index is 904. The first kappa shape index (κ1) is 19.8. The molecular weight excluding hydrogens is 368 g/mol. The molecule has 0 radical (unpaired) electrons. The first-order valence-electron chi connectivity index (χ1n) is 9.31. The molecule has 0 unspecified atom stereocenters. The summed E-state index contributed by atoms with van der Waals surface area (Å²) >= 11 is 0. The number of nitrogens with zero attached hydrogens (tertiary/aromatic N) is 3. The monoisotopic (exact) mass is 394 g/mol. The van der Waals surface area contributed by atoms with E-state index in [1.165, 1.54) is 33.6 Å². The molecule has 0 saturated carbocycles. The van der Waals surface area contributed by atoms with Crippen molar-refractivity contribution in [1.29, 1.82) is 0 Å². The van der Waals surface area contributed by atoms with Gasteiger partial charge >= 0.3 is 0 Å². The minimum absolute atomic E-state index is 0.0754. The van der Waals surface area contributed by atoms with Gasteiger partial charge in [-0.1, -0.05) is 11.6 Å². The Balaban J connectivity index is 1.59. The summed E-state index contributed by atoms with van der Waals surface area (Å²) in [6.45, 7) is 0.856. The fourth-order valence-electron chi connectivity index (χ4n) is 3.54. The second-order valence-corrected chi connectivity index (χ2v) is 9.14. The van der Waals surface area contributed by atoms with Gasteiger partial charge in [0.2, 0.25) is 15.9 Å². The van der Waals surface area contributed by atoms with Crippen molar-refractivity contribution in [3.8, 4) is 0 Å². The number of fused-ring (bicyclic) bond motifs is 1. The zero-order valence-electron chi connectivity index (χ0n) is 15.6. The molecule has 3 rings (SSSR count). The van der Waals surface area contributed by atoms with Gasteiger partial charge in [0.25, 0.3) is 5.56 Å². The molecule has 148 valence electrons. The van der Waals surface area contributed by atoms with Crippen molar-refractivity contribution >= 4 is 15.9 Å². The maximum atomic E-state index is 12.6. The second-order valence-electron chi connectivity index (χ2n) is 7.16. The molecule has 1 aromatic rings. The number of carbonyl (C=O) groups excluding carboxylic acids is 1. The first-order valence-corrected chi connectivity index (χ1v) is 11.2. The van der Waals surface area contributed by atoms with Crippen LogP contribution in [0.3, 0.4) is 0 Å². The van der Waals surface area contributed by atoms with E-state index in [1.54, 1.807) is 0 Å². The van der Waals surface area contributed by atoms with E-state index in [4.69, 9.17) is 0 Å². The molecule has 2 aliphatic rings. The molecule has 8 nitrogen and oxygen atoms in total. The average molecular weight is 394 g/mol. The number of nitrogens with one attached hydrogen (secondary N) is 1. The van der Waals surface area contributed by atoms with Crippen LogP contribution < -0.4 is 10.9 Å². The van der Waals surface area contributed by atoms with Crippen LogP contribution >= 0.6 is 0 Å². The maximum absolute atomic E-state index is 12.6. The molecule has 0 bridgehead atoms. The summed E-state index contributed by atoms with van der Waals surface area (Å²) in [4.78, 5) is 29.0. The fourth-order valence-corrected chi connectivity index (χ4v) is 4.32. The van der Waals surface area contributed by atoms with Gasteiger partial charge in [0.05, 0.1) is 24.8 Å². The normalized spacial score (nSPS) is 17.9. The van der Waals surface area contributed by atoms with Gasteiger partial charge in [-0.15, -0.1) is 0 Å². The Hall–Kier alpha value is -2.00. The lowest BCUT2D eigenvalue weighted by atomic mass is 9.97. The third-order valence-electron chi connectivity index (χ3n) is 5.09. The van der Waals surface area contributed by atoms with Crippen LogP contribution in [0.25, 0.3) is 0 Å². The first-order chi connectivity index (χ1) is 12.8. The van der Waals surface area contributed by atoms with E-state index in [2.05, 4.69) is 16.4 Å². The maximum Gasteiger partial charge on any atom is 0.257 e. The molecule has 0 aromatic carbocycles. The Kier molecular flexibility index (Phi) is 6.11. The fraction of sp³-hybridized carbons (Fsp3) is 0.611. The number of amides is 1. The van der Waals surface area contributed by atoms with Crippen LogP contribution in [0.2, 0.25) is 0 Å². The largest absolute Gasteiger partial charge is 0.354 e. The SMILES string of the molecule is CS(=O)(=O)N1CCc2c(ncn(CC(=O)NCCC3=CCCCC3)c2=O)C1. The van der Waals surface area contributed by atoms with Crippen LogP contribution in [0.15, 0.2) is 22.8 Å². The molecule has 0 spiro atoms. The van der Waals surface area contributed by atoms with Crippen LogP contribution in [0, 0.1) is 0 Å². The zero-order valence-corrected chi connectivity index (χ0v) is 16.4. The third-order valence-corrected chi connectivity index (χ3v) is 6.34. The van der Waals surface area contributed by atoms with Gasteiger partial charge in [-0.2, -0.15) is 4.31 Å². The highest BCUT2D eigenvalue weighted by Gasteiger charge is 2.26. The van der Waals surface area contributed by atoms with Crippen molar-refractivity contribution in [3.63, 3.8) is 0 Å². The summed E-state index contributed by atoms with van der Waals surface area (Å²) in [6, 6.07) is 0. The predicted octanol–water partition coefficient (Wildman–Crippen LogP) is 0.568. The highest BCUT2D eigenvalue weighted by molar-refractivity contribution is 7.88. The summed E-state index contributed by atoms with van der Waals surface area (Å²) in [5.74, 6) is -0.219. The lowest BCUT2D eigenvalue weighted by Crippen LogP contribution is -2.41. The zero-order chi connectivity index (χ0) is 19.4. The van der Waals surface area contributed by atoms with Crippen molar-refractivity contribution in [3.05, 3.63) is 39.6 Å². The number of aromatic nitrogens is 2. The van der Waals surface area contributed by atoms with Gasteiger partial charge in [-0.25, -0.2) is 13.4 Å². The molecule has 1 aliphatic heterocycles. The molecule has 2 heterocycles. The second kappa shape index (κ2) is 8.35. The summed E-state index contributed by atoms with van der Waals surface area (Å²) in [5, 5.41) is 2.86. The van der Waals surface area contributed by atoms with Crippen molar-refractivity contribution in [2.24, 2.45) is 0 Å². The van der Waals surface area contributed by atoms with E-state index < -0.39 is 10.0 Å². The van der Waals surface area contributed by atoms with Crippen LogP contribution in [0.4, 0.5) is 0 Å². The van der Waals surface area contributed by atoms with Crippen molar-refractivity contribution in [1.82, 2.24) is 19.2 Å². The Morgan fingerprint density at radius 2 is 2.11 bits per heavy atom. The van der Waals surface area contributed by atoms with Crippen molar-refractivity contribution in [2.45, 2.75) is 51.6 Å². The van der Waals surface area contributed by atoms with E-state index >= 15 is 0 Å². The van der Waals surface area contributed by atoms with Crippen LogP contribution in [0.1, 0.15) is 43.4 Å². The van der Waals surface area contributed by atoms with Gasteiger partial charge in [0.15, 0.2) is 0 Å². The molecule has 1 N–H and O–H groups in total. The minimum atomic E-state index is -3.31. The predicted molar refractivity (Wildman–Crippen MR) is 102 cm³/mol. The van der Waals surface area contributed by atoms with E-state index in [0.29, 0.717) is 24.2 Å². The van der Waals surface area contributed by atoms with E-state index in [0.717, 1.165) is 25.5 Å². The number of rotatable bonds is 6. The molecule has 27 heavy (non-hydrogen) atoms. The molecule has 1 aliphatic carbocycles. The Morgan fingerprint density at radius 3 is 2.81 bits per heavy atom. The summed E-state index contributed by atoms with van der Waals surface area (Å²) in [5.41, 5.74) is 2.10. The topological polar surface area (TPSA) is 101 Å². The lowest BCUT2D eigenvalue weighted by molar-refractivity contribution is -0.121. The smallest absolute Gasteiger partial charge is 0.257 e. The number of hydrogen-bond donors (Lipinski definition) is 1. The molecule has 0 atom stereocenters. The van der Waals surface area contributed by atoms with Gasteiger partial charge in [0, 0.05) is 18.7 Å². The summed E-state index contributed by atoms with van der Waals surface area (Å²) in [6.07, 6.45) is 10.6. The number of hydrogen-bond acceptors (Lipinski definition) is 5. The number of carbonyl (C=O) groups is 1. The lowest BCUT2D eigenvalue weighted by Gasteiger charge is -2.25. The molecular formula is C18H26N4O4S. The molecule has 1 amide bonds. The van der Waals surface area contributed by atoms with E-state index in [-0.39, 0.29) is 31.1 Å². The molecule has 9 heteroatoms. The van der Waals surface area contributed by atoms with Gasteiger partial charge in [0.1, 0.15) is 6.54 Å². The molecule has 0 fully saturated rings. The average Bonchev–Trinajstić information content (AvgIpc) is 2.64. The summed E-state index contributed by atoms with van der Waals surface area (Å²) in [7, 11) is -3.31. The minimum Gasteiger partial charge on any atom is -0.354 e. The van der Waals surface area contributed by atoms with Crippen LogP contribution in [0.5, 0.6) is 0 Å². The third kappa shape index (κ3) is 5.04. The van der Waals surface area contributed by atoms with Gasteiger partial charge < -0.3 is 5.32 Å². The quantitative estimate of drug-likeness (QED) is 0.711. The Labute approximate surface area is 159 Å². The van der Waals surface area contributed by atoms with Crippen molar-refractivity contribution < 1.29 is 13.2 Å². The van der Waals surface area contributed by atoms with E-state index in [9.17, 15) is 18.0 Å². The standard InChI is InChI=1S/C18H26N4O4S/c1-27(25,26)22-10-8-15-16(11-22)20-13-21(18(15)24)12-17(23)19-9-7-14-5-3-2-4-6-14/h5,13H,2-4,6-12H2,1H3,(H,19,23). The highest BCUT2D eigenvalue weighted by Crippen LogP contribution is 2.19. The summed E-state index contributed by atoms with van der Waals surface area (Å²) < 4.78 is 25.9. The number of allylic oxidation sites excluding steroid dienone is 1.